The van der Waals surface area contributed by atoms with Crippen LogP contribution in [0.15, 0.2) is 245 Å². The second-order valence-electron chi connectivity index (χ2n) is 16.4. The molecule has 0 unspecified atom stereocenters. The van der Waals surface area contributed by atoms with Crippen molar-refractivity contribution >= 4 is 72.3 Å². The molecule has 0 bridgehead atoms. The minimum atomic E-state index is 0.907. The van der Waals surface area contributed by atoms with E-state index in [0.717, 1.165) is 119 Å². The predicted octanol–water partition coefficient (Wildman–Crippen LogP) is 17.3. The Morgan fingerprint density at radius 3 is 1.20 bits per heavy atom. The van der Waals surface area contributed by atoms with E-state index in [1.807, 2.05) is 24.3 Å². The van der Waals surface area contributed by atoms with Gasteiger partial charge in [-0.25, -0.2) is 0 Å². The molecule has 4 nitrogen and oxygen atoms in total. The number of hydrogen-bond acceptors (Lipinski definition) is 4. The summed E-state index contributed by atoms with van der Waals surface area (Å²) in [5.41, 5.74) is 17.2. The van der Waals surface area contributed by atoms with E-state index in [1.165, 1.54) is 5.70 Å². The second-order valence-corrected chi connectivity index (χ2v) is 16.4. The molecule has 0 N–H and O–H groups in total. The molecule has 11 aromatic rings. The van der Waals surface area contributed by atoms with Gasteiger partial charge in [-0.05, 0) is 114 Å². The van der Waals surface area contributed by atoms with Crippen LogP contribution in [0.25, 0.3) is 77.3 Å². The summed E-state index contributed by atoms with van der Waals surface area (Å²) in [6.07, 6.45) is 8.64. The number of anilines is 5. The number of hydrogen-bond donors (Lipinski definition) is 0. The van der Waals surface area contributed by atoms with Gasteiger partial charge in [0.25, 0.3) is 0 Å². The summed E-state index contributed by atoms with van der Waals surface area (Å²) in [5.74, 6) is 0. The first-order valence-corrected chi connectivity index (χ1v) is 22.0. The van der Waals surface area contributed by atoms with Crippen molar-refractivity contribution in [3.05, 3.63) is 236 Å². The predicted molar refractivity (Wildman–Crippen MR) is 267 cm³/mol. The summed E-state index contributed by atoms with van der Waals surface area (Å²) in [4.78, 5) is 4.70. The van der Waals surface area contributed by atoms with Crippen molar-refractivity contribution in [3.63, 3.8) is 0 Å². The van der Waals surface area contributed by atoms with Crippen molar-refractivity contribution in [1.82, 2.24) is 0 Å². The fourth-order valence-electron chi connectivity index (χ4n) is 9.42. The lowest BCUT2D eigenvalue weighted by molar-refractivity contribution is 0.669. The maximum Gasteiger partial charge on any atom is 0.143 e. The van der Waals surface area contributed by atoms with Crippen LogP contribution in [0.5, 0.6) is 0 Å². The lowest BCUT2D eigenvalue weighted by Gasteiger charge is -2.29. The van der Waals surface area contributed by atoms with Gasteiger partial charge in [-0.2, -0.15) is 0 Å². The molecule has 0 aliphatic heterocycles. The number of rotatable bonds is 9. The van der Waals surface area contributed by atoms with Crippen LogP contribution < -0.4 is 9.80 Å². The molecule has 1 aliphatic rings. The molecule has 0 fully saturated rings. The molecule has 0 spiro atoms. The standard InChI is InChI=1S/C60H42N2O2/c1-3-13-45(14-4-1)61(49-37-29-43(30-38-49)51-19-11-21-55-53-17-7-9-23-57(53)63-59(51)55)47-33-25-41(26-34-47)42-27-35-48(36-28-42)62(46-15-5-2-6-16-46)50-39-31-44(32-40-50)52-20-12-22-56-54-18-8-10-24-58(54)64-60(52)56/h1-5,7-15,17-40H,6,16H2. The highest BCUT2D eigenvalue weighted by Gasteiger charge is 2.19. The lowest BCUT2D eigenvalue weighted by atomic mass is 10.0. The minimum absolute atomic E-state index is 0.907. The van der Waals surface area contributed by atoms with Gasteiger partial charge in [0.15, 0.2) is 0 Å². The van der Waals surface area contributed by atoms with Gasteiger partial charge < -0.3 is 18.6 Å². The van der Waals surface area contributed by atoms with E-state index in [9.17, 15) is 0 Å². The third-order valence-electron chi connectivity index (χ3n) is 12.6. The molecule has 0 atom stereocenters. The van der Waals surface area contributed by atoms with E-state index in [1.54, 1.807) is 0 Å². The number of para-hydroxylation sites is 5. The highest BCUT2D eigenvalue weighted by Crippen LogP contribution is 2.42. The average molecular weight is 823 g/mol. The fourth-order valence-corrected chi connectivity index (χ4v) is 9.42. The number of nitrogens with zero attached hydrogens (tertiary/aromatic N) is 2. The molecule has 0 radical (unpaired) electrons. The molecular formula is C60H42N2O2. The molecule has 1 aliphatic carbocycles. The number of furan rings is 2. The van der Waals surface area contributed by atoms with Crippen molar-refractivity contribution in [2.75, 3.05) is 9.80 Å². The Morgan fingerprint density at radius 2 is 0.734 bits per heavy atom. The first kappa shape index (κ1) is 37.4. The molecule has 0 saturated carbocycles. The smallest absolute Gasteiger partial charge is 0.143 e. The molecule has 2 heterocycles. The third-order valence-corrected chi connectivity index (χ3v) is 12.6. The zero-order chi connectivity index (χ0) is 42.4. The van der Waals surface area contributed by atoms with Crippen LogP contribution in [-0.4, -0.2) is 0 Å². The van der Waals surface area contributed by atoms with Gasteiger partial charge in [0.2, 0.25) is 0 Å². The van der Waals surface area contributed by atoms with Gasteiger partial charge in [0.1, 0.15) is 22.3 Å². The van der Waals surface area contributed by atoms with Gasteiger partial charge >= 0.3 is 0 Å². The number of fused-ring (bicyclic) bond motifs is 6. The third kappa shape index (κ3) is 6.64. The van der Waals surface area contributed by atoms with Gasteiger partial charge in [0.05, 0.1) is 0 Å². The van der Waals surface area contributed by atoms with Crippen molar-refractivity contribution in [2.45, 2.75) is 12.8 Å². The van der Waals surface area contributed by atoms with E-state index in [0.29, 0.717) is 0 Å². The molecule has 12 rings (SSSR count). The SMILES string of the molecule is C1=CCCC(N(c2ccc(-c3ccc(N(c4ccccc4)c4ccc(-c5cccc6c5oc5ccccc56)cc4)cc3)cc2)c2ccc(-c3cccc4c3oc3ccccc34)cc2)=C1. The summed E-state index contributed by atoms with van der Waals surface area (Å²) in [6, 6.07) is 75.5. The summed E-state index contributed by atoms with van der Waals surface area (Å²) in [6.45, 7) is 0. The van der Waals surface area contributed by atoms with Crippen molar-refractivity contribution in [3.8, 4) is 33.4 Å². The topological polar surface area (TPSA) is 32.8 Å². The Balaban J connectivity index is 0.832. The summed E-state index contributed by atoms with van der Waals surface area (Å²) in [5, 5.41) is 4.55. The summed E-state index contributed by atoms with van der Waals surface area (Å²) < 4.78 is 12.8. The van der Waals surface area contributed by atoms with Gasteiger partial charge in [-0.15, -0.1) is 0 Å². The van der Waals surface area contributed by atoms with Crippen molar-refractivity contribution in [1.29, 1.82) is 0 Å². The summed E-state index contributed by atoms with van der Waals surface area (Å²) in [7, 11) is 0. The molecule has 2 aromatic heterocycles. The molecular weight excluding hydrogens is 781 g/mol. The molecule has 9 aromatic carbocycles. The molecule has 4 heteroatoms. The van der Waals surface area contributed by atoms with Crippen LogP contribution in [0.2, 0.25) is 0 Å². The zero-order valence-electron chi connectivity index (χ0n) is 35.1. The second kappa shape index (κ2) is 15.8. The van der Waals surface area contributed by atoms with Gasteiger partial charge in [-0.1, -0.05) is 152 Å². The fraction of sp³-hybridized carbons (Fsp3) is 0.0333. The molecule has 0 saturated heterocycles. The Bertz CT molecular complexity index is 3520. The maximum atomic E-state index is 6.39. The maximum absolute atomic E-state index is 6.39. The van der Waals surface area contributed by atoms with E-state index >= 15 is 0 Å². The minimum Gasteiger partial charge on any atom is -0.455 e. The quantitative estimate of drug-likeness (QED) is 0.145. The van der Waals surface area contributed by atoms with Gasteiger partial charge in [-0.3, -0.25) is 0 Å². The van der Waals surface area contributed by atoms with E-state index < -0.39 is 0 Å². The Kier molecular flexibility index (Phi) is 9.27. The first-order valence-electron chi connectivity index (χ1n) is 22.0. The summed E-state index contributed by atoms with van der Waals surface area (Å²) >= 11 is 0. The Morgan fingerprint density at radius 1 is 0.328 bits per heavy atom. The monoisotopic (exact) mass is 822 g/mol. The average Bonchev–Trinajstić information content (AvgIpc) is 3.95. The number of benzene rings is 9. The van der Waals surface area contributed by atoms with Crippen molar-refractivity contribution in [2.24, 2.45) is 0 Å². The van der Waals surface area contributed by atoms with Crippen LogP contribution in [0.3, 0.4) is 0 Å². The van der Waals surface area contributed by atoms with Crippen LogP contribution in [0, 0.1) is 0 Å². The molecule has 304 valence electrons. The van der Waals surface area contributed by atoms with E-state index in [2.05, 4.69) is 216 Å². The molecule has 0 amide bonds. The Labute approximate surface area is 371 Å². The normalized spacial score (nSPS) is 12.6. The lowest BCUT2D eigenvalue weighted by Crippen LogP contribution is -2.17. The Hall–Kier alpha value is -8.34. The zero-order valence-corrected chi connectivity index (χ0v) is 35.1. The van der Waals surface area contributed by atoms with Crippen LogP contribution in [0.1, 0.15) is 12.8 Å². The van der Waals surface area contributed by atoms with Crippen molar-refractivity contribution < 1.29 is 8.83 Å². The largest absolute Gasteiger partial charge is 0.455 e. The number of allylic oxidation sites excluding steroid dienone is 4. The molecule has 64 heavy (non-hydrogen) atoms. The highest BCUT2D eigenvalue weighted by atomic mass is 16.3. The van der Waals surface area contributed by atoms with E-state index in [-0.39, 0.29) is 0 Å². The van der Waals surface area contributed by atoms with Crippen LogP contribution >= 0.6 is 0 Å². The van der Waals surface area contributed by atoms with Crippen LogP contribution in [-0.2, 0) is 0 Å². The first-order chi connectivity index (χ1) is 31.7. The van der Waals surface area contributed by atoms with Gasteiger partial charge in [0, 0.05) is 66.8 Å². The highest BCUT2D eigenvalue weighted by molar-refractivity contribution is 6.10. The van der Waals surface area contributed by atoms with E-state index in [4.69, 9.17) is 8.83 Å². The van der Waals surface area contributed by atoms with Crippen LogP contribution in [0.4, 0.5) is 28.4 Å².